The van der Waals surface area contributed by atoms with Gasteiger partial charge in [0.05, 0.1) is 13.2 Å². The number of hydrogen-bond donors (Lipinski definition) is 2. The number of methoxy groups -OCH3 is 1. The van der Waals surface area contributed by atoms with E-state index >= 15 is 0 Å². The minimum absolute atomic E-state index is 0.189. The number of aromatic amines is 1. The Hall–Kier alpha value is -1.74. The lowest BCUT2D eigenvalue weighted by Crippen LogP contribution is -2.18. The highest BCUT2D eigenvalue weighted by Crippen LogP contribution is 2.25. The molecule has 0 aliphatic heterocycles. The zero-order valence-corrected chi connectivity index (χ0v) is 10.4. The molecule has 0 spiro atoms. The van der Waals surface area contributed by atoms with Gasteiger partial charge in [0.2, 0.25) is 0 Å². The van der Waals surface area contributed by atoms with E-state index in [1.165, 1.54) is 5.56 Å². The van der Waals surface area contributed by atoms with E-state index in [0.717, 1.165) is 17.0 Å². The summed E-state index contributed by atoms with van der Waals surface area (Å²) in [7, 11) is 3.66. The summed E-state index contributed by atoms with van der Waals surface area (Å²) in [6, 6.07) is 10.5. The fourth-order valence-corrected chi connectivity index (χ4v) is 2.11. The molecule has 2 aromatic rings. The lowest BCUT2D eigenvalue weighted by Gasteiger charge is -2.17. The smallest absolute Gasteiger partial charge is 0.121 e. The molecule has 2 N–H and O–H groups in total. The van der Waals surface area contributed by atoms with E-state index in [4.69, 9.17) is 4.74 Å². The summed E-state index contributed by atoms with van der Waals surface area (Å²) in [4.78, 5) is 3.24. The van der Waals surface area contributed by atoms with Crippen molar-refractivity contribution in [2.75, 3.05) is 14.2 Å². The van der Waals surface area contributed by atoms with Crippen molar-refractivity contribution in [3.05, 3.63) is 53.3 Å². The lowest BCUT2D eigenvalue weighted by molar-refractivity contribution is 0.411. The van der Waals surface area contributed by atoms with Crippen LogP contribution in [0.5, 0.6) is 5.75 Å². The second-order valence-corrected chi connectivity index (χ2v) is 4.08. The molecule has 0 saturated carbocycles. The topological polar surface area (TPSA) is 37.0 Å². The fraction of sp³-hybridized carbons (Fsp3) is 0.286. The fourth-order valence-electron chi connectivity index (χ4n) is 2.11. The van der Waals surface area contributed by atoms with Crippen LogP contribution >= 0.6 is 0 Å². The standard InChI is InChI=1S/C14H18N2O/c1-10-9-11(6-7-13(10)17-3)14(15-2)12-5-4-8-16-12/h4-9,14-16H,1-3H3. The van der Waals surface area contributed by atoms with Crippen LogP contribution < -0.4 is 10.1 Å². The van der Waals surface area contributed by atoms with Crippen LogP contribution in [0, 0.1) is 6.92 Å². The van der Waals surface area contributed by atoms with Gasteiger partial charge in [-0.3, -0.25) is 0 Å². The molecule has 17 heavy (non-hydrogen) atoms. The Morgan fingerprint density at radius 2 is 2.12 bits per heavy atom. The van der Waals surface area contributed by atoms with Crippen LogP contribution in [0.1, 0.15) is 22.9 Å². The normalized spacial score (nSPS) is 12.4. The first-order chi connectivity index (χ1) is 8.26. The summed E-state index contributed by atoms with van der Waals surface area (Å²) in [6.45, 7) is 2.06. The summed E-state index contributed by atoms with van der Waals surface area (Å²) in [5, 5.41) is 3.31. The van der Waals surface area contributed by atoms with Crippen molar-refractivity contribution in [3.63, 3.8) is 0 Å². The summed E-state index contributed by atoms with van der Waals surface area (Å²) in [5.74, 6) is 0.926. The predicted molar refractivity (Wildman–Crippen MR) is 69.4 cm³/mol. The van der Waals surface area contributed by atoms with Crippen LogP contribution in [0.3, 0.4) is 0 Å². The molecule has 0 radical (unpaired) electrons. The van der Waals surface area contributed by atoms with Gasteiger partial charge in [-0.1, -0.05) is 12.1 Å². The van der Waals surface area contributed by atoms with Crippen LogP contribution in [0.25, 0.3) is 0 Å². The number of aromatic nitrogens is 1. The highest BCUT2D eigenvalue weighted by atomic mass is 16.5. The molecule has 0 bridgehead atoms. The predicted octanol–water partition coefficient (Wildman–Crippen LogP) is 2.64. The summed E-state index contributed by atoms with van der Waals surface area (Å²) < 4.78 is 5.28. The van der Waals surface area contributed by atoms with Crippen LogP contribution in [0.2, 0.25) is 0 Å². The average molecular weight is 230 g/mol. The third-order valence-corrected chi connectivity index (χ3v) is 2.97. The number of rotatable bonds is 4. The second-order valence-electron chi connectivity index (χ2n) is 4.08. The van der Waals surface area contributed by atoms with E-state index in [1.54, 1.807) is 7.11 Å². The van der Waals surface area contributed by atoms with Gasteiger partial charge in [-0.25, -0.2) is 0 Å². The number of hydrogen-bond acceptors (Lipinski definition) is 2. The van der Waals surface area contributed by atoms with Crippen molar-refractivity contribution >= 4 is 0 Å². The number of ether oxygens (including phenoxy) is 1. The number of nitrogens with one attached hydrogen (secondary N) is 2. The maximum absolute atomic E-state index is 5.28. The third kappa shape index (κ3) is 2.34. The van der Waals surface area contributed by atoms with Gasteiger partial charge in [-0.05, 0) is 43.3 Å². The lowest BCUT2D eigenvalue weighted by atomic mass is 10.0. The zero-order chi connectivity index (χ0) is 12.3. The molecule has 3 nitrogen and oxygen atoms in total. The highest BCUT2D eigenvalue weighted by Gasteiger charge is 2.13. The van der Waals surface area contributed by atoms with E-state index in [1.807, 2.05) is 25.4 Å². The molecule has 1 aromatic heterocycles. The largest absolute Gasteiger partial charge is 0.496 e. The number of benzene rings is 1. The molecule has 90 valence electrons. The van der Waals surface area contributed by atoms with E-state index in [0.29, 0.717) is 0 Å². The molecule has 1 heterocycles. The van der Waals surface area contributed by atoms with Gasteiger partial charge in [-0.2, -0.15) is 0 Å². The first kappa shape index (κ1) is 11.7. The van der Waals surface area contributed by atoms with Crippen molar-refractivity contribution in [2.24, 2.45) is 0 Å². The van der Waals surface area contributed by atoms with E-state index in [9.17, 15) is 0 Å². The first-order valence-electron chi connectivity index (χ1n) is 5.71. The van der Waals surface area contributed by atoms with Crippen molar-refractivity contribution in [1.29, 1.82) is 0 Å². The molecule has 1 aromatic carbocycles. The van der Waals surface area contributed by atoms with Crippen molar-refractivity contribution in [3.8, 4) is 5.75 Å². The minimum atomic E-state index is 0.189. The molecule has 0 aliphatic rings. The quantitative estimate of drug-likeness (QED) is 0.847. The molecule has 0 saturated heterocycles. The Morgan fingerprint density at radius 1 is 1.29 bits per heavy atom. The molecule has 0 fully saturated rings. The maximum Gasteiger partial charge on any atom is 0.121 e. The summed E-state index contributed by atoms with van der Waals surface area (Å²) >= 11 is 0. The maximum atomic E-state index is 5.28. The average Bonchev–Trinajstić information content (AvgIpc) is 2.84. The third-order valence-electron chi connectivity index (χ3n) is 2.97. The Kier molecular flexibility index (Phi) is 3.49. The Bertz CT molecular complexity index is 477. The van der Waals surface area contributed by atoms with Gasteiger partial charge in [0.15, 0.2) is 0 Å². The SMILES string of the molecule is CNC(c1ccc(OC)c(C)c1)c1ccc[nH]1. The molecular formula is C14H18N2O. The van der Waals surface area contributed by atoms with E-state index in [2.05, 4.69) is 35.4 Å². The Labute approximate surface area is 102 Å². The van der Waals surface area contributed by atoms with E-state index in [-0.39, 0.29) is 6.04 Å². The monoisotopic (exact) mass is 230 g/mol. The zero-order valence-electron chi connectivity index (χ0n) is 10.4. The molecule has 1 unspecified atom stereocenters. The number of aryl methyl sites for hydroxylation is 1. The van der Waals surface area contributed by atoms with Gasteiger partial charge in [0.1, 0.15) is 5.75 Å². The molecular weight excluding hydrogens is 212 g/mol. The van der Waals surface area contributed by atoms with E-state index < -0.39 is 0 Å². The Balaban J connectivity index is 2.35. The molecule has 2 rings (SSSR count). The molecule has 0 aliphatic carbocycles. The van der Waals surface area contributed by atoms with Crippen molar-refractivity contribution in [2.45, 2.75) is 13.0 Å². The highest BCUT2D eigenvalue weighted by molar-refractivity contribution is 5.39. The van der Waals surface area contributed by atoms with Crippen molar-refractivity contribution < 1.29 is 4.74 Å². The summed E-state index contributed by atoms with van der Waals surface area (Å²) in [6.07, 6.45) is 1.94. The van der Waals surface area contributed by atoms with Crippen LogP contribution in [0.15, 0.2) is 36.5 Å². The second kappa shape index (κ2) is 5.06. The molecule has 0 amide bonds. The Morgan fingerprint density at radius 3 is 2.65 bits per heavy atom. The minimum Gasteiger partial charge on any atom is -0.496 e. The van der Waals surface area contributed by atoms with Gasteiger partial charge < -0.3 is 15.0 Å². The van der Waals surface area contributed by atoms with Crippen molar-refractivity contribution in [1.82, 2.24) is 10.3 Å². The summed E-state index contributed by atoms with van der Waals surface area (Å²) in [5.41, 5.74) is 3.54. The van der Waals surface area contributed by atoms with Crippen LogP contribution in [-0.4, -0.2) is 19.1 Å². The molecule has 3 heteroatoms. The number of H-pyrrole nitrogens is 1. The van der Waals surface area contributed by atoms with Gasteiger partial charge in [0.25, 0.3) is 0 Å². The van der Waals surface area contributed by atoms with Crippen LogP contribution in [0.4, 0.5) is 0 Å². The first-order valence-corrected chi connectivity index (χ1v) is 5.71. The molecule has 1 atom stereocenters. The van der Waals surface area contributed by atoms with Gasteiger partial charge in [0, 0.05) is 11.9 Å². The van der Waals surface area contributed by atoms with Gasteiger partial charge in [-0.15, -0.1) is 0 Å². The van der Waals surface area contributed by atoms with Gasteiger partial charge >= 0.3 is 0 Å². The van der Waals surface area contributed by atoms with Crippen LogP contribution in [-0.2, 0) is 0 Å².